The SMILES string of the molecule is CCc1ccc(C(NC)c2c(C)cc(C)cc2OC)s1. The van der Waals surface area contributed by atoms with Gasteiger partial charge < -0.3 is 10.1 Å². The summed E-state index contributed by atoms with van der Waals surface area (Å²) in [6, 6.07) is 8.97. The van der Waals surface area contributed by atoms with Gasteiger partial charge in [0.2, 0.25) is 0 Å². The van der Waals surface area contributed by atoms with Crippen molar-refractivity contribution in [2.45, 2.75) is 33.2 Å². The standard InChI is InChI=1S/C17H23NOS/c1-6-13-7-8-15(20-13)17(18-4)16-12(3)9-11(2)10-14(16)19-5/h7-10,17-18H,6H2,1-5H3. The van der Waals surface area contributed by atoms with Crippen LogP contribution in [0.25, 0.3) is 0 Å². The van der Waals surface area contributed by atoms with Crippen molar-refractivity contribution < 1.29 is 4.74 Å². The molecule has 1 N–H and O–H groups in total. The van der Waals surface area contributed by atoms with Gasteiger partial charge in [-0.1, -0.05) is 13.0 Å². The zero-order valence-corrected chi connectivity index (χ0v) is 13.7. The van der Waals surface area contributed by atoms with Crippen LogP contribution in [-0.4, -0.2) is 14.2 Å². The quantitative estimate of drug-likeness (QED) is 0.888. The van der Waals surface area contributed by atoms with Gasteiger partial charge in [-0.3, -0.25) is 0 Å². The van der Waals surface area contributed by atoms with Crippen LogP contribution in [0.2, 0.25) is 0 Å². The van der Waals surface area contributed by atoms with Gasteiger partial charge in [-0.05, 0) is 56.6 Å². The molecule has 0 amide bonds. The molecule has 0 saturated carbocycles. The van der Waals surface area contributed by atoms with Crippen molar-refractivity contribution in [1.29, 1.82) is 0 Å². The first-order chi connectivity index (χ1) is 9.60. The highest BCUT2D eigenvalue weighted by atomic mass is 32.1. The molecule has 0 radical (unpaired) electrons. The van der Waals surface area contributed by atoms with Crippen LogP contribution in [0.15, 0.2) is 24.3 Å². The first kappa shape index (κ1) is 15.1. The molecule has 0 saturated heterocycles. The third-order valence-electron chi connectivity index (χ3n) is 3.61. The third kappa shape index (κ3) is 2.89. The topological polar surface area (TPSA) is 21.3 Å². The number of rotatable bonds is 5. The average Bonchev–Trinajstić information content (AvgIpc) is 2.90. The summed E-state index contributed by atoms with van der Waals surface area (Å²) in [7, 11) is 3.76. The summed E-state index contributed by atoms with van der Waals surface area (Å²) in [5.74, 6) is 0.966. The summed E-state index contributed by atoms with van der Waals surface area (Å²) in [4.78, 5) is 2.76. The second-order valence-corrected chi connectivity index (χ2v) is 6.28. The number of nitrogens with one attached hydrogen (secondary N) is 1. The molecule has 0 aliphatic rings. The molecule has 2 rings (SSSR count). The summed E-state index contributed by atoms with van der Waals surface area (Å²) < 4.78 is 5.61. The van der Waals surface area contributed by atoms with Gasteiger partial charge in [-0.15, -0.1) is 11.3 Å². The predicted octanol–water partition coefficient (Wildman–Crippen LogP) is 4.24. The summed E-state index contributed by atoms with van der Waals surface area (Å²) >= 11 is 1.87. The lowest BCUT2D eigenvalue weighted by molar-refractivity contribution is 0.405. The molecule has 0 aliphatic heterocycles. The third-order valence-corrected chi connectivity index (χ3v) is 4.90. The summed E-state index contributed by atoms with van der Waals surface area (Å²) in [6.07, 6.45) is 1.09. The maximum Gasteiger partial charge on any atom is 0.124 e. The van der Waals surface area contributed by atoms with E-state index in [1.54, 1.807) is 7.11 Å². The van der Waals surface area contributed by atoms with E-state index in [9.17, 15) is 0 Å². The normalized spacial score (nSPS) is 12.4. The molecule has 0 spiro atoms. The van der Waals surface area contributed by atoms with Crippen molar-refractivity contribution in [3.05, 3.63) is 50.7 Å². The average molecular weight is 289 g/mol. The molecule has 2 nitrogen and oxygen atoms in total. The molecule has 1 aromatic carbocycles. The number of benzene rings is 1. The van der Waals surface area contributed by atoms with E-state index in [-0.39, 0.29) is 6.04 Å². The summed E-state index contributed by atoms with van der Waals surface area (Å²) in [5.41, 5.74) is 3.75. The van der Waals surface area contributed by atoms with Crippen LogP contribution in [0.3, 0.4) is 0 Å². The first-order valence-electron chi connectivity index (χ1n) is 7.01. The Bertz CT molecular complexity index is 589. The number of ether oxygens (including phenoxy) is 1. The Balaban J connectivity index is 2.51. The minimum absolute atomic E-state index is 0.191. The van der Waals surface area contributed by atoms with Crippen LogP contribution in [0.4, 0.5) is 0 Å². The Labute approximate surface area is 125 Å². The number of aryl methyl sites for hydroxylation is 3. The number of hydrogen-bond donors (Lipinski definition) is 1. The highest BCUT2D eigenvalue weighted by molar-refractivity contribution is 7.12. The van der Waals surface area contributed by atoms with E-state index >= 15 is 0 Å². The van der Waals surface area contributed by atoms with Crippen molar-refractivity contribution in [3.63, 3.8) is 0 Å². The van der Waals surface area contributed by atoms with Crippen LogP contribution in [0.1, 0.15) is 39.4 Å². The molecule has 1 aromatic heterocycles. The largest absolute Gasteiger partial charge is 0.496 e. The lowest BCUT2D eigenvalue weighted by atomic mass is 9.97. The van der Waals surface area contributed by atoms with Crippen LogP contribution < -0.4 is 10.1 Å². The summed E-state index contributed by atoms with van der Waals surface area (Å²) in [5, 5.41) is 3.44. The minimum Gasteiger partial charge on any atom is -0.496 e. The zero-order chi connectivity index (χ0) is 14.7. The number of hydrogen-bond acceptors (Lipinski definition) is 3. The van der Waals surface area contributed by atoms with Gasteiger partial charge in [0.05, 0.1) is 13.2 Å². The van der Waals surface area contributed by atoms with Gasteiger partial charge in [0, 0.05) is 15.3 Å². The fourth-order valence-corrected chi connectivity index (χ4v) is 3.72. The Hall–Kier alpha value is -1.32. The van der Waals surface area contributed by atoms with E-state index in [0.717, 1.165) is 12.2 Å². The Morgan fingerprint density at radius 1 is 1.25 bits per heavy atom. The van der Waals surface area contributed by atoms with Gasteiger partial charge >= 0.3 is 0 Å². The van der Waals surface area contributed by atoms with Gasteiger partial charge in [-0.25, -0.2) is 0 Å². The molecule has 0 aliphatic carbocycles. The highest BCUT2D eigenvalue weighted by Crippen LogP contribution is 2.36. The lowest BCUT2D eigenvalue weighted by Crippen LogP contribution is -2.18. The van der Waals surface area contributed by atoms with Gasteiger partial charge in [0.1, 0.15) is 5.75 Å². The van der Waals surface area contributed by atoms with E-state index in [1.807, 2.05) is 18.4 Å². The molecule has 1 heterocycles. The fraction of sp³-hybridized carbons (Fsp3) is 0.412. The lowest BCUT2D eigenvalue weighted by Gasteiger charge is -2.21. The molecule has 3 heteroatoms. The van der Waals surface area contributed by atoms with E-state index < -0.39 is 0 Å². The number of thiophene rings is 1. The molecular formula is C17H23NOS. The molecule has 108 valence electrons. The molecule has 0 bridgehead atoms. The molecule has 20 heavy (non-hydrogen) atoms. The maximum atomic E-state index is 5.61. The van der Waals surface area contributed by atoms with Crippen molar-refractivity contribution in [2.24, 2.45) is 0 Å². The smallest absolute Gasteiger partial charge is 0.124 e. The molecule has 1 atom stereocenters. The van der Waals surface area contributed by atoms with Gasteiger partial charge in [-0.2, -0.15) is 0 Å². The van der Waals surface area contributed by atoms with E-state index in [1.165, 1.54) is 26.4 Å². The van der Waals surface area contributed by atoms with Gasteiger partial charge in [0.25, 0.3) is 0 Å². The van der Waals surface area contributed by atoms with Crippen molar-refractivity contribution in [2.75, 3.05) is 14.2 Å². The maximum absolute atomic E-state index is 5.61. The highest BCUT2D eigenvalue weighted by Gasteiger charge is 2.20. The zero-order valence-electron chi connectivity index (χ0n) is 12.9. The Kier molecular flexibility index (Phi) is 4.84. The molecule has 2 aromatic rings. The second kappa shape index (κ2) is 6.42. The van der Waals surface area contributed by atoms with Crippen molar-refractivity contribution in [1.82, 2.24) is 5.32 Å². The van der Waals surface area contributed by atoms with Crippen molar-refractivity contribution in [3.8, 4) is 5.75 Å². The molecular weight excluding hydrogens is 266 g/mol. The monoisotopic (exact) mass is 289 g/mol. The first-order valence-corrected chi connectivity index (χ1v) is 7.83. The van der Waals surface area contributed by atoms with Crippen LogP contribution in [0, 0.1) is 13.8 Å². The van der Waals surface area contributed by atoms with E-state index in [4.69, 9.17) is 4.74 Å². The van der Waals surface area contributed by atoms with E-state index in [0.29, 0.717) is 0 Å². The minimum atomic E-state index is 0.191. The summed E-state index contributed by atoms with van der Waals surface area (Å²) in [6.45, 7) is 6.46. The predicted molar refractivity (Wildman–Crippen MR) is 87.1 cm³/mol. The van der Waals surface area contributed by atoms with Crippen LogP contribution in [0.5, 0.6) is 5.75 Å². The van der Waals surface area contributed by atoms with Gasteiger partial charge in [0.15, 0.2) is 0 Å². The number of methoxy groups -OCH3 is 1. The Morgan fingerprint density at radius 2 is 2.00 bits per heavy atom. The second-order valence-electron chi connectivity index (χ2n) is 5.08. The fourth-order valence-electron chi connectivity index (χ4n) is 2.65. The Morgan fingerprint density at radius 3 is 2.55 bits per heavy atom. The van der Waals surface area contributed by atoms with E-state index in [2.05, 4.69) is 50.4 Å². The molecule has 0 fully saturated rings. The van der Waals surface area contributed by atoms with Crippen LogP contribution >= 0.6 is 11.3 Å². The van der Waals surface area contributed by atoms with Crippen LogP contribution in [-0.2, 0) is 6.42 Å². The van der Waals surface area contributed by atoms with Crippen molar-refractivity contribution >= 4 is 11.3 Å². The molecule has 1 unspecified atom stereocenters.